The Labute approximate surface area is 87.2 Å². The fraction of sp³-hybridized carbons (Fsp3) is 1.00. The van der Waals surface area contributed by atoms with Gasteiger partial charge in [-0.2, -0.15) is 0 Å². The summed E-state index contributed by atoms with van der Waals surface area (Å²) in [6, 6.07) is 0. The number of ether oxygens (including phenoxy) is 1. The topological polar surface area (TPSA) is 35.2 Å². The highest BCUT2D eigenvalue weighted by Crippen LogP contribution is 2.67. The van der Waals surface area contributed by atoms with Crippen LogP contribution in [0.4, 0.5) is 0 Å². The second-order valence-corrected chi connectivity index (χ2v) is 5.91. The Balaban J connectivity index is 2.08. The van der Waals surface area contributed by atoms with Crippen molar-refractivity contribution in [3.8, 4) is 0 Å². The highest BCUT2D eigenvalue weighted by Gasteiger charge is 2.63. The predicted molar refractivity (Wildman–Crippen MR) is 58.0 cm³/mol. The van der Waals surface area contributed by atoms with E-state index in [2.05, 4.69) is 20.8 Å². The van der Waals surface area contributed by atoms with Gasteiger partial charge in [0.15, 0.2) is 0 Å². The zero-order chi connectivity index (χ0) is 10.4. The molecule has 2 nitrogen and oxygen atoms in total. The Kier molecular flexibility index (Phi) is 2.39. The van der Waals surface area contributed by atoms with E-state index in [1.54, 1.807) is 0 Å². The molecule has 2 heteroatoms. The monoisotopic (exact) mass is 197 g/mol. The Morgan fingerprint density at radius 2 is 1.79 bits per heavy atom. The van der Waals surface area contributed by atoms with Gasteiger partial charge >= 0.3 is 0 Å². The summed E-state index contributed by atoms with van der Waals surface area (Å²) in [6.45, 7) is 9.91. The van der Waals surface area contributed by atoms with Gasteiger partial charge in [0.2, 0.25) is 0 Å². The minimum atomic E-state index is 0.473. The normalized spacial score (nSPS) is 39.4. The van der Waals surface area contributed by atoms with Crippen LogP contribution in [0.3, 0.4) is 0 Å². The van der Waals surface area contributed by atoms with Gasteiger partial charge in [-0.3, -0.25) is 0 Å². The maximum absolute atomic E-state index is 5.83. The van der Waals surface area contributed by atoms with Crippen LogP contribution in [0.5, 0.6) is 0 Å². The van der Waals surface area contributed by atoms with Crippen LogP contribution in [-0.4, -0.2) is 19.8 Å². The van der Waals surface area contributed by atoms with E-state index in [4.69, 9.17) is 10.5 Å². The minimum absolute atomic E-state index is 0.473. The van der Waals surface area contributed by atoms with E-state index in [1.165, 1.54) is 12.8 Å². The molecule has 0 aromatic rings. The second-order valence-electron chi connectivity index (χ2n) is 5.91. The largest absolute Gasteiger partial charge is 0.381 e. The van der Waals surface area contributed by atoms with E-state index in [0.29, 0.717) is 10.8 Å². The molecule has 0 aromatic carbocycles. The van der Waals surface area contributed by atoms with Gasteiger partial charge in [-0.25, -0.2) is 0 Å². The summed E-state index contributed by atoms with van der Waals surface area (Å²) in [7, 11) is 0. The molecule has 2 N–H and O–H groups in total. The molecule has 1 aliphatic carbocycles. The lowest BCUT2D eigenvalue weighted by Gasteiger charge is -2.35. The van der Waals surface area contributed by atoms with Crippen LogP contribution >= 0.6 is 0 Å². The molecule has 2 aliphatic rings. The molecule has 82 valence electrons. The summed E-state index contributed by atoms with van der Waals surface area (Å²) >= 11 is 0. The number of nitrogens with two attached hydrogens (primary N) is 1. The average molecular weight is 197 g/mol. The molecule has 0 amide bonds. The van der Waals surface area contributed by atoms with Crippen molar-refractivity contribution in [2.24, 2.45) is 28.4 Å². The summed E-state index contributed by atoms with van der Waals surface area (Å²) < 4.78 is 5.45. The number of hydrogen-bond donors (Lipinski definition) is 1. The Hall–Kier alpha value is -0.0800. The van der Waals surface area contributed by atoms with Gasteiger partial charge < -0.3 is 10.5 Å². The zero-order valence-corrected chi connectivity index (χ0v) is 9.68. The second kappa shape index (κ2) is 3.21. The molecule has 1 heterocycles. The maximum atomic E-state index is 5.83. The van der Waals surface area contributed by atoms with Crippen molar-refractivity contribution >= 4 is 0 Å². The van der Waals surface area contributed by atoms with Crippen molar-refractivity contribution in [2.45, 2.75) is 33.6 Å². The van der Waals surface area contributed by atoms with Gasteiger partial charge in [-0.1, -0.05) is 20.8 Å². The third kappa shape index (κ3) is 1.40. The first-order valence-electron chi connectivity index (χ1n) is 5.80. The summed E-state index contributed by atoms with van der Waals surface area (Å²) in [4.78, 5) is 0. The van der Waals surface area contributed by atoms with Crippen molar-refractivity contribution < 1.29 is 4.74 Å². The van der Waals surface area contributed by atoms with Gasteiger partial charge in [0, 0.05) is 13.2 Å². The number of rotatable bonds is 2. The van der Waals surface area contributed by atoms with Crippen molar-refractivity contribution in [1.29, 1.82) is 0 Å². The molecule has 2 atom stereocenters. The van der Waals surface area contributed by atoms with Crippen LogP contribution in [-0.2, 0) is 4.74 Å². The first-order chi connectivity index (χ1) is 6.52. The average Bonchev–Trinajstić information content (AvgIpc) is 2.70. The van der Waals surface area contributed by atoms with Crippen molar-refractivity contribution in [3.63, 3.8) is 0 Å². The molecule has 2 rings (SSSR count). The molecule has 1 saturated heterocycles. The fourth-order valence-corrected chi connectivity index (χ4v) is 3.72. The molecule has 2 fully saturated rings. The molecule has 0 bridgehead atoms. The highest BCUT2D eigenvalue weighted by atomic mass is 16.5. The maximum Gasteiger partial charge on any atom is 0.0471 e. The van der Waals surface area contributed by atoms with E-state index >= 15 is 0 Å². The SMILES string of the molecule is CC1([C@@H]2[C@@H](CN)C2(C)C)CCOCC1. The van der Waals surface area contributed by atoms with Gasteiger partial charge in [-0.15, -0.1) is 0 Å². The van der Waals surface area contributed by atoms with E-state index in [1.807, 2.05) is 0 Å². The van der Waals surface area contributed by atoms with Crippen LogP contribution in [0.2, 0.25) is 0 Å². The molecule has 0 aromatic heterocycles. The molecule has 14 heavy (non-hydrogen) atoms. The fourth-order valence-electron chi connectivity index (χ4n) is 3.72. The van der Waals surface area contributed by atoms with Crippen molar-refractivity contribution in [1.82, 2.24) is 0 Å². The van der Waals surface area contributed by atoms with Crippen LogP contribution in [0.15, 0.2) is 0 Å². The van der Waals surface area contributed by atoms with E-state index in [-0.39, 0.29) is 0 Å². The van der Waals surface area contributed by atoms with Crippen molar-refractivity contribution in [2.75, 3.05) is 19.8 Å². The van der Waals surface area contributed by atoms with Crippen molar-refractivity contribution in [3.05, 3.63) is 0 Å². The predicted octanol–water partition coefficient (Wildman–Crippen LogP) is 2.03. The third-order valence-corrected chi connectivity index (χ3v) is 4.69. The lowest BCUT2D eigenvalue weighted by atomic mass is 9.75. The molecular formula is C12H23NO. The van der Waals surface area contributed by atoms with E-state index < -0.39 is 0 Å². The van der Waals surface area contributed by atoms with Gasteiger partial charge in [0.05, 0.1) is 0 Å². The van der Waals surface area contributed by atoms with Gasteiger partial charge in [-0.05, 0) is 42.1 Å². The molecule has 0 radical (unpaired) electrons. The quantitative estimate of drug-likeness (QED) is 0.735. The summed E-state index contributed by atoms with van der Waals surface area (Å²) in [5.74, 6) is 1.56. The highest BCUT2D eigenvalue weighted by molar-refractivity contribution is 5.12. The third-order valence-electron chi connectivity index (χ3n) is 4.69. The first kappa shape index (κ1) is 10.4. The lowest BCUT2D eigenvalue weighted by molar-refractivity contribution is 0.00533. The van der Waals surface area contributed by atoms with Crippen LogP contribution in [0, 0.1) is 22.7 Å². The van der Waals surface area contributed by atoms with Gasteiger partial charge in [0.25, 0.3) is 0 Å². The summed E-state index contributed by atoms with van der Waals surface area (Å²) in [5.41, 5.74) is 6.80. The van der Waals surface area contributed by atoms with Gasteiger partial charge in [0.1, 0.15) is 0 Å². The molecule has 1 saturated carbocycles. The smallest absolute Gasteiger partial charge is 0.0471 e. The molecule has 0 spiro atoms. The molecule has 0 unspecified atom stereocenters. The van der Waals surface area contributed by atoms with Crippen LogP contribution < -0.4 is 5.73 Å². The minimum Gasteiger partial charge on any atom is -0.381 e. The Morgan fingerprint density at radius 3 is 2.21 bits per heavy atom. The summed E-state index contributed by atoms with van der Waals surface area (Å²) in [6.07, 6.45) is 2.44. The van der Waals surface area contributed by atoms with E-state index in [9.17, 15) is 0 Å². The standard InChI is InChI=1S/C12H23NO/c1-11(2)9(8-13)10(11)12(3)4-6-14-7-5-12/h9-10H,4-8,13H2,1-3H3/t9-,10-/m1/s1. The van der Waals surface area contributed by atoms with Crippen LogP contribution in [0.1, 0.15) is 33.6 Å². The Morgan fingerprint density at radius 1 is 1.21 bits per heavy atom. The van der Waals surface area contributed by atoms with Crippen LogP contribution in [0.25, 0.3) is 0 Å². The Bertz CT molecular complexity index is 218. The van der Waals surface area contributed by atoms with E-state index in [0.717, 1.165) is 31.6 Å². The lowest BCUT2D eigenvalue weighted by Crippen LogP contribution is -2.30. The molecule has 1 aliphatic heterocycles. The summed E-state index contributed by atoms with van der Waals surface area (Å²) in [5, 5.41) is 0. The first-order valence-corrected chi connectivity index (χ1v) is 5.80. The zero-order valence-electron chi connectivity index (χ0n) is 9.68. The molecular weight excluding hydrogens is 174 g/mol. The number of hydrogen-bond acceptors (Lipinski definition) is 2.